The third-order valence-corrected chi connectivity index (χ3v) is 4.83. The van der Waals surface area contributed by atoms with Crippen LogP contribution < -0.4 is 0 Å². The van der Waals surface area contributed by atoms with Crippen LogP contribution in [-0.4, -0.2) is 37.1 Å². The van der Waals surface area contributed by atoms with Crippen LogP contribution in [0.3, 0.4) is 0 Å². The molecule has 1 aromatic heterocycles. The Morgan fingerprint density at radius 3 is 3.11 bits per heavy atom. The van der Waals surface area contributed by atoms with E-state index in [1.54, 1.807) is 17.4 Å². The Labute approximate surface area is 126 Å². The second kappa shape index (κ2) is 7.22. The van der Waals surface area contributed by atoms with Crippen LogP contribution in [0.1, 0.15) is 18.2 Å². The summed E-state index contributed by atoms with van der Waals surface area (Å²) < 4.78 is 6.41. The number of hydrogen-bond acceptors (Lipinski definition) is 3. The molecule has 0 radical (unpaired) electrons. The molecule has 1 amide bonds. The molecule has 1 saturated heterocycles. The Morgan fingerprint density at radius 2 is 2.53 bits per heavy atom. The summed E-state index contributed by atoms with van der Waals surface area (Å²) in [6.45, 7) is 5.17. The molecule has 1 aliphatic rings. The maximum atomic E-state index is 12.1. The molecule has 0 N–H and O–H groups in total. The van der Waals surface area contributed by atoms with Crippen LogP contribution in [0.2, 0.25) is 0 Å². The Kier molecular flexibility index (Phi) is 5.60. The minimum atomic E-state index is 0.0823. The van der Waals surface area contributed by atoms with Crippen LogP contribution in [-0.2, 0) is 9.53 Å². The van der Waals surface area contributed by atoms with Gasteiger partial charge in [-0.3, -0.25) is 4.79 Å². The summed E-state index contributed by atoms with van der Waals surface area (Å²) in [6, 6.07) is 2.01. The maximum Gasteiger partial charge on any atom is 0.246 e. The highest BCUT2D eigenvalue weighted by Crippen LogP contribution is 2.21. The molecule has 1 aromatic rings. The van der Waals surface area contributed by atoms with Crippen LogP contribution >= 0.6 is 27.3 Å². The lowest BCUT2D eigenvalue weighted by atomic mass is 10.1. The Hall–Kier alpha value is -0.650. The van der Waals surface area contributed by atoms with E-state index in [2.05, 4.69) is 15.9 Å². The van der Waals surface area contributed by atoms with Crippen molar-refractivity contribution in [2.45, 2.75) is 13.3 Å². The van der Waals surface area contributed by atoms with E-state index in [0.717, 1.165) is 42.1 Å². The summed E-state index contributed by atoms with van der Waals surface area (Å²) in [6.07, 6.45) is 4.61. The van der Waals surface area contributed by atoms with Gasteiger partial charge in [0.1, 0.15) is 0 Å². The maximum absolute atomic E-state index is 12.1. The predicted octanol–water partition coefficient (Wildman–Crippen LogP) is 3.41. The van der Waals surface area contributed by atoms with Crippen molar-refractivity contribution in [1.82, 2.24) is 4.90 Å². The molecule has 0 spiro atoms. The van der Waals surface area contributed by atoms with Gasteiger partial charge < -0.3 is 9.64 Å². The molecule has 1 fully saturated rings. The van der Waals surface area contributed by atoms with Gasteiger partial charge in [0, 0.05) is 46.4 Å². The highest BCUT2D eigenvalue weighted by molar-refractivity contribution is 9.10. The second-order valence-corrected chi connectivity index (χ2v) is 6.47. The van der Waals surface area contributed by atoms with Gasteiger partial charge in [0.2, 0.25) is 5.91 Å². The van der Waals surface area contributed by atoms with Crippen molar-refractivity contribution < 1.29 is 9.53 Å². The molecule has 5 heteroatoms. The standard InChI is InChI=1S/C14H18BrNO2S/c1-2-16(8-11-5-6-18-9-11)14(17)4-3-13-7-12(15)10-19-13/h3-4,7,10-11H,2,5-6,8-9H2,1H3. The average molecular weight is 344 g/mol. The topological polar surface area (TPSA) is 29.5 Å². The monoisotopic (exact) mass is 343 g/mol. The summed E-state index contributed by atoms with van der Waals surface area (Å²) in [5.74, 6) is 0.576. The first-order chi connectivity index (χ1) is 9.19. The third kappa shape index (κ3) is 4.44. The summed E-state index contributed by atoms with van der Waals surface area (Å²) in [5, 5.41) is 2.01. The van der Waals surface area contributed by atoms with Gasteiger partial charge in [-0.2, -0.15) is 0 Å². The number of thiophene rings is 1. The molecule has 3 nitrogen and oxygen atoms in total. The molecule has 104 valence electrons. The summed E-state index contributed by atoms with van der Waals surface area (Å²) in [7, 11) is 0. The van der Waals surface area contributed by atoms with Crippen LogP contribution in [0.25, 0.3) is 6.08 Å². The minimum Gasteiger partial charge on any atom is -0.381 e. The number of hydrogen-bond donors (Lipinski definition) is 0. The van der Waals surface area contributed by atoms with E-state index in [0.29, 0.717) is 5.92 Å². The molecular weight excluding hydrogens is 326 g/mol. The fourth-order valence-electron chi connectivity index (χ4n) is 2.09. The predicted molar refractivity (Wildman–Crippen MR) is 82.2 cm³/mol. The summed E-state index contributed by atoms with van der Waals surface area (Å²) in [4.78, 5) is 15.1. The highest BCUT2D eigenvalue weighted by Gasteiger charge is 2.20. The lowest BCUT2D eigenvalue weighted by Gasteiger charge is -2.22. The number of ether oxygens (including phenoxy) is 1. The van der Waals surface area contributed by atoms with Crippen molar-refractivity contribution in [1.29, 1.82) is 0 Å². The molecule has 0 saturated carbocycles. The molecule has 0 aliphatic carbocycles. The first kappa shape index (κ1) is 14.8. The molecule has 0 bridgehead atoms. The van der Waals surface area contributed by atoms with Gasteiger partial charge in [0.25, 0.3) is 0 Å². The van der Waals surface area contributed by atoms with Crippen molar-refractivity contribution >= 4 is 39.2 Å². The van der Waals surface area contributed by atoms with Gasteiger partial charge in [0.15, 0.2) is 0 Å². The largest absolute Gasteiger partial charge is 0.381 e. The second-order valence-electron chi connectivity index (χ2n) is 4.61. The zero-order valence-corrected chi connectivity index (χ0v) is 13.4. The van der Waals surface area contributed by atoms with E-state index in [9.17, 15) is 4.79 Å². The Morgan fingerprint density at radius 1 is 1.68 bits per heavy atom. The number of rotatable bonds is 5. The molecule has 2 rings (SSSR count). The van der Waals surface area contributed by atoms with E-state index < -0.39 is 0 Å². The molecule has 1 unspecified atom stereocenters. The minimum absolute atomic E-state index is 0.0823. The summed E-state index contributed by atoms with van der Waals surface area (Å²) >= 11 is 5.03. The molecule has 2 heterocycles. The fourth-order valence-corrected chi connectivity index (χ4v) is 3.43. The van der Waals surface area contributed by atoms with Gasteiger partial charge in [-0.05, 0) is 41.4 Å². The smallest absolute Gasteiger partial charge is 0.246 e. The number of amides is 1. The van der Waals surface area contributed by atoms with Crippen molar-refractivity contribution in [3.8, 4) is 0 Å². The molecule has 0 aromatic carbocycles. The van der Waals surface area contributed by atoms with E-state index in [4.69, 9.17) is 4.74 Å². The molecular formula is C14H18BrNO2S. The molecule has 1 aliphatic heterocycles. The van der Waals surface area contributed by atoms with Gasteiger partial charge >= 0.3 is 0 Å². The van der Waals surface area contributed by atoms with Crippen molar-refractivity contribution in [3.63, 3.8) is 0 Å². The molecule has 19 heavy (non-hydrogen) atoms. The first-order valence-corrected chi connectivity index (χ1v) is 8.15. The fraction of sp³-hybridized carbons (Fsp3) is 0.500. The van der Waals surface area contributed by atoms with E-state index in [1.165, 1.54) is 0 Å². The number of carbonyl (C=O) groups excluding carboxylic acids is 1. The number of carbonyl (C=O) groups is 1. The van der Waals surface area contributed by atoms with Gasteiger partial charge in [-0.1, -0.05) is 0 Å². The normalized spacial score (nSPS) is 19.2. The zero-order valence-electron chi connectivity index (χ0n) is 11.0. The van der Waals surface area contributed by atoms with Crippen LogP contribution in [0.4, 0.5) is 0 Å². The number of likely N-dealkylation sites (N-methyl/N-ethyl adjacent to an activating group) is 1. The lowest BCUT2D eigenvalue weighted by molar-refractivity contribution is -0.126. The highest BCUT2D eigenvalue weighted by atomic mass is 79.9. The van der Waals surface area contributed by atoms with Crippen LogP contribution in [0.5, 0.6) is 0 Å². The lowest BCUT2D eigenvalue weighted by Crippen LogP contribution is -2.34. The van der Waals surface area contributed by atoms with Gasteiger partial charge in [0.05, 0.1) is 6.61 Å². The Balaban J connectivity index is 1.90. The number of nitrogens with zero attached hydrogens (tertiary/aromatic N) is 1. The zero-order chi connectivity index (χ0) is 13.7. The van der Waals surface area contributed by atoms with Crippen molar-refractivity contribution in [2.75, 3.05) is 26.3 Å². The molecule has 1 atom stereocenters. The summed E-state index contributed by atoms with van der Waals surface area (Å²) in [5.41, 5.74) is 0. The van der Waals surface area contributed by atoms with Crippen LogP contribution in [0, 0.1) is 5.92 Å². The van der Waals surface area contributed by atoms with Gasteiger partial charge in [-0.15, -0.1) is 11.3 Å². The SMILES string of the molecule is CCN(CC1CCOC1)C(=O)C=Cc1cc(Br)cs1. The average Bonchev–Trinajstić information content (AvgIpc) is 3.04. The van der Waals surface area contributed by atoms with Crippen LogP contribution in [0.15, 0.2) is 22.0 Å². The first-order valence-electron chi connectivity index (χ1n) is 6.47. The van der Waals surface area contributed by atoms with E-state index in [-0.39, 0.29) is 5.91 Å². The number of halogens is 1. The quantitative estimate of drug-likeness (QED) is 0.766. The third-order valence-electron chi connectivity index (χ3n) is 3.17. The Bertz CT molecular complexity index is 452. The van der Waals surface area contributed by atoms with E-state index >= 15 is 0 Å². The van der Waals surface area contributed by atoms with Gasteiger partial charge in [-0.25, -0.2) is 0 Å². The van der Waals surface area contributed by atoms with Crippen molar-refractivity contribution in [2.24, 2.45) is 5.92 Å². The van der Waals surface area contributed by atoms with E-state index in [1.807, 2.05) is 29.3 Å². The van der Waals surface area contributed by atoms with Crippen molar-refractivity contribution in [3.05, 3.63) is 26.9 Å².